The Bertz CT molecular complexity index is 387. The SMILES string of the molecule is CCc1nsc(N2CCN(C(=O)OC)CC2)n1. The molecule has 94 valence electrons. The zero-order valence-electron chi connectivity index (χ0n) is 10.0. The van der Waals surface area contributed by atoms with E-state index >= 15 is 0 Å². The Morgan fingerprint density at radius 1 is 1.41 bits per heavy atom. The number of anilines is 1. The second kappa shape index (κ2) is 5.31. The molecule has 1 aliphatic heterocycles. The maximum Gasteiger partial charge on any atom is 0.409 e. The highest BCUT2D eigenvalue weighted by molar-refractivity contribution is 7.09. The fourth-order valence-corrected chi connectivity index (χ4v) is 2.53. The second-order valence-electron chi connectivity index (χ2n) is 3.79. The second-order valence-corrected chi connectivity index (χ2v) is 4.52. The van der Waals surface area contributed by atoms with E-state index < -0.39 is 0 Å². The van der Waals surface area contributed by atoms with Crippen LogP contribution in [0.1, 0.15) is 12.7 Å². The molecule has 0 N–H and O–H groups in total. The average Bonchev–Trinajstić information content (AvgIpc) is 2.87. The van der Waals surface area contributed by atoms with Crippen molar-refractivity contribution in [1.82, 2.24) is 14.3 Å². The summed E-state index contributed by atoms with van der Waals surface area (Å²) in [7, 11) is 1.41. The lowest BCUT2D eigenvalue weighted by Gasteiger charge is -2.33. The van der Waals surface area contributed by atoms with Gasteiger partial charge < -0.3 is 14.5 Å². The van der Waals surface area contributed by atoms with E-state index in [1.54, 1.807) is 4.90 Å². The Labute approximate surface area is 104 Å². The molecule has 1 saturated heterocycles. The number of carbonyl (C=O) groups excluding carboxylic acids is 1. The summed E-state index contributed by atoms with van der Waals surface area (Å²) in [6, 6.07) is 0. The lowest BCUT2D eigenvalue weighted by molar-refractivity contribution is 0.121. The van der Waals surface area contributed by atoms with Crippen LogP contribution in [-0.2, 0) is 11.2 Å². The van der Waals surface area contributed by atoms with Gasteiger partial charge in [0.25, 0.3) is 0 Å². The molecule has 1 amide bonds. The van der Waals surface area contributed by atoms with E-state index in [1.165, 1.54) is 18.6 Å². The number of methoxy groups -OCH3 is 1. The third-order valence-corrected chi connectivity index (χ3v) is 3.57. The van der Waals surface area contributed by atoms with Crippen LogP contribution in [0.25, 0.3) is 0 Å². The quantitative estimate of drug-likeness (QED) is 0.789. The van der Waals surface area contributed by atoms with Gasteiger partial charge in [-0.3, -0.25) is 0 Å². The summed E-state index contributed by atoms with van der Waals surface area (Å²) < 4.78 is 8.96. The van der Waals surface area contributed by atoms with Crippen LogP contribution in [0.15, 0.2) is 0 Å². The minimum absolute atomic E-state index is 0.254. The number of hydrogen-bond acceptors (Lipinski definition) is 6. The maximum atomic E-state index is 11.3. The molecule has 0 unspecified atom stereocenters. The molecule has 2 rings (SSSR count). The Morgan fingerprint density at radius 2 is 2.12 bits per heavy atom. The van der Waals surface area contributed by atoms with Crippen molar-refractivity contribution in [1.29, 1.82) is 0 Å². The van der Waals surface area contributed by atoms with Crippen LogP contribution < -0.4 is 4.90 Å². The number of amides is 1. The number of carbonyl (C=O) groups is 1. The van der Waals surface area contributed by atoms with Crippen LogP contribution in [0, 0.1) is 0 Å². The molecule has 0 aromatic carbocycles. The minimum atomic E-state index is -0.254. The number of hydrogen-bond donors (Lipinski definition) is 0. The molecule has 17 heavy (non-hydrogen) atoms. The molecule has 1 aromatic rings. The zero-order chi connectivity index (χ0) is 12.3. The Kier molecular flexibility index (Phi) is 3.78. The highest BCUT2D eigenvalue weighted by Gasteiger charge is 2.23. The predicted octanol–water partition coefficient (Wildman–Crippen LogP) is 0.989. The molecule has 1 aliphatic rings. The summed E-state index contributed by atoms with van der Waals surface area (Å²) in [5, 5.41) is 0.950. The van der Waals surface area contributed by atoms with Crippen molar-refractivity contribution in [2.24, 2.45) is 0 Å². The van der Waals surface area contributed by atoms with Crippen LogP contribution >= 0.6 is 11.5 Å². The van der Waals surface area contributed by atoms with Crippen molar-refractivity contribution in [2.45, 2.75) is 13.3 Å². The number of piperazine rings is 1. The fourth-order valence-electron chi connectivity index (χ4n) is 1.73. The smallest absolute Gasteiger partial charge is 0.409 e. The summed E-state index contributed by atoms with van der Waals surface area (Å²) in [5.41, 5.74) is 0. The largest absolute Gasteiger partial charge is 0.453 e. The van der Waals surface area contributed by atoms with Crippen molar-refractivity contribution < 1.29 is 9.53 Å². The number of rotatable bonds is 2. The van der Waals surface area contributed by atoms with Gasteiger partial charge in [-0.15, -0.1) is 0 Å². The summed E-state index contributed by atoms with van der Waals surface area (Å²) >= 11 is 1.43. The van der Waals surface area contributed by atoms with Gasteiger partial charge in [0.15, 0.2) is 0 Å². The van der Waals surface area contributed by atoms with Gasteiger partial charge in [-0.1, -0.05) is 6.92 Å². The highest BCUT2D eigenvalue weighted by atomic mass is 32.1. The average molecular weight is 256 g/mol. The van der Waals surface area contributed by atoms with Gasteiger partial charge in [-0.25, -0.2) is 9.78 Å². The van der Waals surface area contributed by atoms with Crippen LogP contribution in [0.5, 0.6) is 0 Å². The highest BCUT2D eigenvalue weighted by Crippen LogP contribution is 2.19. The first-order valence-electron chi connectivity index (χ1n) is 5.65. The van der Waals surface area contributed by atoms with Crippen molar-refractivity contribution in [3.63, 3.8) is 0 Å². The third kappa shape index (κ3) is 2.66. The van der Waals surface area contributed by atoms with Gasteiger partial charge in [-0.05, 0) is 0 Å². The van der Waals surface area contributed by atoms with Gasteiger partial charge in [0, 0.05) is 44.1 Å². The first-order chi connectivity index (χ1) is 8.24. The van der Waals surface area contributed by atoms with E-state index in [-0.39, 0.29) is 6.09 Å². The normalized spacial score (nSPS) is 16.1. The topological polar surface area (TPSA) is 58.6 Å². The van der Waals surface area contributed by atoms with Gasteiger partial charge in [-0.2, -0.15) is 4.37 Å². The van der Waals surface area contributed by atoms with Gasteiger partial charge >= 0.3 is 6.09 Å². The van der Waals surface area contributed by atoms with E-state index in [9.17, 15) is 4.79 Å². The molecule has 6 nitrogen and oxygen atoms in total. The third-order valence-electron chi connectivity index (χ3n) is 2.76. The maximum absolute atomic E-state index is 11.3. The van der Waals surface area contributed by atoms with E-state index in [4.69, 9.17) is 4.74 Å². The molecule has 1 fully saturated rings. The Morgan fingerprint density at radius 3 is 2.65 bits per heavy atom. The molecule has 0 aliphatic carbocycles. The molecule has 0 bridgehead atoms. The summed E-state index contributed by atoms with van der Waals surface area (Å²) in [6.07, 6.45) is 0.606. The van der Waals surface area contributed by atoms with E-state index in [0.717, 1.165) is 30.5 Å². The number of aryl methyl sites for hydroxylation is 1. The summed E-state index contributed by atoms with van der Waals surface area (Å²) in [5.74, 6) is 0.889. The molecular formula is C10H16N4O2S. The molecular weight excluding hydrogens is 240 g/mol. The first-order valence-corrected chi connectivity index (χ1v) is 6.42. The van der Waals surface area contributed by atoms with Crippen molar-refractivity contribution in [3.05, 3.63) is 5.82 Å². The van der Waals surface area contributed by atoms with E-state index in [1.807, 2.05) is 6.92 Å². The Balaban J connectivity index is 1.92. The lowest BCUT2D eigenvalue weighted by Crippen LogP contribution is -2.48. The minimum Gasteiger partial charge on any atom is -0.453 e. The van der Waals surface area contributed by atoms with E-state index in [0.29, 0.717) is 13.1 Å². The monoisotopic (exact) mass is 256 g/mol. The van der Waals surface area contributed by atoms with Crippen LogP contribution in [0.4, 0.5) is 9.93 Å². The van der Waals surface area contributed by atoms with Crippen molar-refractivity contribution in [2.75, 3.05) is 38.2 Å². The lowest BCUT2D eigenvalue weighted by atomic mass is 10.3. The van der Waals surface area contributed by atoms with Gasteiger partial charge in [0.2, 0.25) is 5.13 Å². The summed E-state index contributed by atoms with van der Waals surface area (Å²) in [6.45, 7) is 4.96. The van der Waals surface area contributed by atoms with Crippen LogP contribution in [0.3, 0.4) is 0 Å². The summed E-state index contributed by atoms with van der Waals surface area (Å²) in [4.78, 5) is 19.6. The first kappa shape index (κ1) is 12.1. The molecule has 1 aromatic heterocycles. The number of ether oxygens (including phenoxy) is 1. The van der Waals surface area contributed by atoms with Crippen LogP contribution in [0.2, 0.25) is 0 Å². The fraction of sp³-hybridized carbons (Fsp3) is 0.700. The van der Waals surface area contributed by atoms with Crippen molar-refractivity contribution >= 4 is 22.8 Å². The number of aromatic nitrogens is 2. The molecule has 2 heterocycles. The predicted molar refractivity (Wildman–Crippen MR) is 65.5 cm³/mol. The molecule has 0 saturated carbocycles. The zero-order valence-corrected chi connectivity index (χ0v) is 10.9. The van der Waals surface area contributed by atoms with Gasteiger partial charge in [0.05, 0.1) is 7.11 Å². The standard InChI is InChI=1S/C10H16N4O2S/c1-3-8-11-9(17-12-8)13-4-6-14(7-5-13)10(15)16-2/h3-7H2,1-2H3. The van der Waals surface area contributed by atoms with Gasteiger partial charge in [0.1, 0.15) is 5.82 Å². The van der Waals surface area contributed by atoms with Crippen LogP contribution in [-0.4, -0.2) is 53.6 Å². The van der Waals surface area contributed by atoms with E-state index in [2.05, 4.69) is 14.3 Å². The van der Waals surface area contributed by atoms with Crippen molar-refractivity contribution in [3.8, 4) is 0 Å². The molecule has 0 atom stereocenters. The molecule has 7 heteroatoms. The molecule has 0 radical (unpaired) electrons. The Hall–Kier alpha value is -1.37. The number of nitrogens with zero attached hydrogens (tertiary/aromatic N) is 4. The molecule has 0 spiro atoms.